The van der Waals surface area contributed by atoms with Crippen molar-refractivity contribution in [3.05, 3.63) is 60.2 Å². The van der Waals surface area contributed by atoms with Crippen molar-refractivity contribution < 1.29 is 33.0 Å². The van der Waals surface area contributed by atoms with Crippen LogP contribution in [0.5, 0.6) is 0 Å². The molecule has 0 aliphatic carbocycles. The van der Waals surface area contributed by atoms with E-state index in [9.17, 15) is 24.7 Å². The summed E-state index contributed by atoms with van der Waals surface area (Å²) in [6.45, 7) is -6.89. The lowest BCUT2D eigenvalue weighted by Crippen LogP contribution is -2.56. The minimum absolute atomic E-state index is 0.0598. The molecule has 0 aliphatic heterocycles. The maximum atomic E-state index is 13.1. The molecule has 0 unspecified atom stereocenters. The maximum Gasteiger partial charge on any atom is 0.475 e. The van der Waals surface area contributed by atoms with Crippen LogP contribution in [0.25, 0.3) is 0 Å². The number of amides is 2. The number of aliphatic hydroxyl groups is 1. The van der Waals surface area contributed by atoms with Crippen molar-refractivity contribution in [3.63, 3.8) is 0 Å². The summed E-state index contributed by atoms with van der Waals surface area (Å²) in [5.41, 5.74) is -2.84. The highest BCUT2D eigenvalue weighted by Gasteiger charge is 2.33. The number of aromatic nitrogens is 2. The van der Waals surface area contributed by atoms with Gasteiger partial charge in [0.05, 0.1) is 17.7 Å². The summed E-state index contributed by atoms with van der Waals surface area (Å²) in [4.78, 5) is 33.3. The first-order chi connectivity index (χ1) is 16.2. The molecule has 154 valence electrons. The van der Waals surface area contributed by atoms with Crippen molar-refractivity contribution in [1.29, 1.82) is 0 Å². The van der Waals surface area contributed by atoms with Crippen molar-refractivity contribution in [1.82, 2.24) is 20.6 Å². The standard InChI is InChI=1S/C19H25BN4O5/c1-19(2,27)11-16(20(28)29)24-17(25)14(10-13-6-4-3-5-7-13)23-18(26)15-12-21-8-9-22-15/h3-9,12,14,16,27-29H,10-11H2,1-2H3,(H,23,26)(H,24,25)/t14-,16-/m0/s1/i1D3,2D3. The molecule has 2 aromatic rings. The van der Waals surface area contributed by atoms with E-state index < -0.39 is 56.6 Å². The Morgan fingerprint density at radius 1 is 1.21 bits per heavy atom. The third-order valence-corrected chi connectivity index (χ3v) is 3.90. The fourth-order valence-electron chi connectivity index (χ4n) is 2.54. The molecule has 0 saturated carbocycles. The van der Waals surface area contributed by atoms with Gasteiger partial charge in [-0.3, -0.25) is 14.6 Å². The van der Waals surface area contributed by atoms with E-state index >= 15 is 0 Å². The molecule has 0 bridgehead atoms. The number of benzene rings is 1. The zero-order chi connectivity index (χ0) is 26.4. The van der Waals surface area contributed by atoms with Crippen LogP contribution < -0.4 is 10.6 Å². The first-order valence-electron chi connectivity index (χ1n) is 11.7. The molecule has 2 atom stereocenters. The summed E-state index contributed by atoms with van der Waals surface area (Å²) < 4.78 is 44.7. The van der Waals surface area contributed by atoms with E-state index in [1.165, 1.54) is 18.6 Å². The van der Waals surface area contributed by atoms with E-state index in [-0.39, 0.29) is 12.1 Å². The second-order valence-corrected chi connectivity index (χ2v) is 6.40. The molecular formula is C19H25BN4O5. The second-order valence-electron chi connectivity index (χ2n) is 6.40. The van der Waals surface area contributed by atoms with Gasteiger partial charge in [-0.1, -0.05) is 30.3 Å². The number of nitrogens with one attached hydrogen (secondary N) is 2. The van der Waals surface area contributed by atoms with Gasteiger partial charge in [-0.2, -0.15) is 0 Å². The average Bonchev–Trinajstić information content (AvgIpc) is 2.77. The average molecular weight is 406 g/mol. The van der Waals surface area contributed by atoms with Gasteiger partial charge in [0, 0.05) is 27.0 Å². The van der Waals surface area contributed by atoms with Crippen LogP contribution in [-0.4, -0.2) is 61.6 Å². The molecule has 29 heavy (non-hydrogen) atoms. The number of carbonyl (C=O) groups excluding carboxylic acids is 2. The highest BCUT2D eigenvalue weighted by atomic mass is 16.4. The van der Waals surface area contributed by atoms with E-state index in [0.717, 1.165) is 0 Å². The van der Waals surface area contributed by atoms with Crippen LogP contribution in [0.4, 0.5) is 0 Å². The van der Waals surface area contributed by atoms with Crippen LogP contribution in [0.3, 0.4) is 0 Å². The van der Waals surface area contributed by atoms with Gasteiger partial charge in [0.25, 0.3) is 5.91 Å². The third kappa shape index (κ3) is 7.61. The monoisotopic (exact) mass is 406 g/mol. The Morgan fingerprint density at radius 3 is 2.52 bits per heavy atom. The van der Waals surface area contributed by atoms with Gasteiger partial charge in [0.2, 0.25) is 5.91 Å². The van der Waals surface area contributed by atoms with Crippen molar-refractivity contribution in [3.8, 4) is 0 Å². The van der Waals surface area contributed by atoms with Gasteiger partial charge in [-0.25, -0.2) is 4.98 Å². The Bertz CT molecular complexity index is 981. The molecule has 1 heterocycles. The molecule has 0 spiro atoms. The highest BCUT2D eigenvalue weighted by Crippen LogP contribution is 2.12. The van der Waals surface area contributed by atoms with Gasteiger partial charge < -0.3 is 25.8 Å². The van der Waals surface area contributed by atoms with Crippen LogP contribution in [0.15, 0.2) is 48.9 Å². The highest BCUT2D eigenvalue weighted by molar-refractivity contribution is 6.43. The van der Waals surface area contributed by atoms with Gasteiger partial charge in [-0.15, -0.1) is 0 Å². The molecule has 1 aromatic carbocycles. The first kappa shape index (κ1) is 15.1. The lowest BCUT2D eigenvalue weighted by molar-refractivity contribution is -0.123. The first-order valence-corrected chi connectivity index (χ1v) is 8.65. The summed E-state index contributed by atoms with van der Waals surface area (Å²) in [6.07, 6.45) is 2.48. The van der Waals surface area contributed by atoms with Crippen molar-refractivity contribution >= 4 is 18.9 Å². The van der Waals surface area contributed by atoms with E-state index in [0.29, 0.717) is 5.56 Å². The van der Waals surface area contributed by atoms with Crippen LogP contribution in [0.2, 0.25) is 0 Å². The van der Waals surface area contributed by atoms with Crippen LogP contribution in [-0.2, 0) is 11.2 Å². The molecule has 0 fully saturated rings. The molecule has 0 saturated heterocycles. The van der Waals surface area contributed by atoms with Crippen molar-refractivity contribution in [2.24, 2.45) is 0 Å². The molecular weight excluding hydrogens is 375 g/mol. The lowest BCUT2D eigenvalue weighted by Gasteiger charge is -2.27. The topological polar surface area (TPSA) is 145 Å². The Labute approximate surface area is 177 Å². The zero-order valence-corrected chi connectivity index (χ0v) is 15.3. The number of hydrogen-bond acceptors (Lipinski definition) is 7. The SMILES string of the molecule is [2H]C([2H])([2H])C(O)(C[C@H](NC(=O)[C@H](Cc1ccccc1)NC(=O)c1cnccn1)B(O)O)C([2H])([2H])[2H]. The van der Waals surface area contributed by atoms with Crippen LogP contribution in [0.1, 0.15) is 44.4 Å². The summed E-state index contributed by atoms with van der Waals surface area (Å²) in [5.74, 6) is -3.65. The second kappa shape index (κ2) is 10.1. The normalized spacial score (nSPS) is 17.2. The molecule has 0 radical (unpaired) electrons. The van der Waals surface area contributed by atoms with E-state index in [1.807, 2.05) is 0 Å². The quantitative estimate of drug-likeness (QED) is 0.352. The minimum Gasteiger partial charge on any atom is -0.426 e. The van der Waals surface area contributed by atoms with Crippen LogP contribution >= 0.6 is 0 Å². The molecule has 1 aromatic heterocycles. The number of nitrogens with zero attached hydrogens (tertiary/aromatic N) is 2. The molecule has 5 N–H and O–H groups in total. The zero-order valence-electron chi connectivity index (χ0n) is 21.3. The molecule has 2 rings (SSSR count). The maximum absolute atomic E-state index is 13.1. The van der Waals surface area contributed by atoms with Crippen molar-refractivity contribution in [2.75, 3.05) is 0 Å². The van der Waals surface area contributed by atoms with Gasteiger partial charge >= 0.3 is 7.12 Å². The van der Waals surface area contributed by atoms with Gasteiger partial charge in [0.1, 0.15) is 11.7 Å². The largest absolute Gasteiger partial charge is 0.475 e. The predicted molar refractivity (Wildman–Crippen MR) is 106 cm³/mol. The number of hydrogen-bond donors (Lipinski definition) is 5. The van der Waals surface area contributed by atoms with Gasteiger partial charge in [0.15, 0.2) is 0 Å². The summed E-state index contributed by atoms with van der Waals surface area (Å²) in [7, 11) is -2.43. The van der Waals surface area contributed by atoms with Crippen molar-refractivity contribution in [2.45, 2.75) is 44.1 Å². The predicted octanol–water partition coefficient (Wildman–Crippen LogP) is -0.525. The molecule has 2 amide bonds. The number of rotatable bonds is 9. The summed E-state index contributed by atoms with van der Waals surface area (Å²) >= 11 is 0. The van der Waals surface area contributed by atoms with E-state index in [4.69, 9.17) is 8.22 Å². The van der Waals surface area contributed by atoms with E-state index in [1.54, 1.807) is 30.3 Å². The van der Waals surface area contributed by atoms with Gasteiger partial charge in [-0.05, 0) is 25.7 Å². The third-order valence-electron chi connectivity index (χ3n) is 3.90. The lowest BCUT2D eigenvalue weighted by atomic mass is 9.74. The van der Waals surface area contributed by atoms with E-state index in [2.05, 4.69) is 20.6 Å². The molecule has 0 aliphatic rings. The Balaban J connectivity index is 2.31. The Morgan fingerprint density at radius 2 is 1.93 bits per heavy atom. The van der Waals surface area contributed by atoms with Crippen LogP contribution in [0, 0.1) is 0 Å². The fraction of sp³-hybridized carbons (Fsp3) is 0.368. The Hall–Kier alpha value is -2.82. The Kier molecular flexibility index (Phi) is 5.25. The fourth-order valence-corrected chi connectivity index (χ4v) is 2.54. The molecule has 9 nitrogen and oxygen atoms in total. The molecule has 10 heteroatoms. The minimum atomic E-state index is -3.44. The summed E-state index contributed by atoms with van der Waals surface area (Å²) in [5, 5.41) is 34.6. The number of carbonyl (C=O) groups is 2. The smallest absolute Gasteiger partial charge is 0.426 e. The summed E-state index contributed by atoms with van der Waals surface area (Å²) in [6, 6.07) is 7.16.